The summed E-state index contributed by atoms with van der Waals surface area (Å²) in [5.41, 5.74) is 15.0. The molecule has 2 heterocycles. The summed E-state index contributed by atoms with van der Waals surface area (Å²) in [6.45, 7) is 3.98. The predicted octanol–water partition coefficient (Wildman–Crippen LogP) is 2.70. The van der Waals surface area contributed by atoms with Gasteiger partial charge in [0.2, 0.25) is 11.9 Å². The Morgan fingerprint density at radius 2 is 1.46 bits per heavy atom. The number of hydrogen-bond donors (Lipinski definition) is 3. The van der Waals surface area contributed by atoms with Gasteiger partial charge in [0.1, 0.15) is 11.2 Å². The molecule has 5 N–H and O–H groups in total. The second kappa shape index (κ2) is 6.66. The zero-order valence-corrected chi connectivity index (χ0v) is 15.5. The first kappa shape index (κ1) is 17.5. The number of fused-ring (bicyclic) bond motifs is 1. The van der Waals surface area contributed by atoms with E-state index in [1.165, 1.54) is 4.57 Å². The molecule has 0 spiro atoms. The fourth-order valence-electron chi connectivity index (χ4n) is 2.91. The van der Waals surface area contributed by atoms with Gasteiger partial charge in [-0.3, -0.25) is 4.79 Å². The van der Waals surface area contributed by atoms with E-state index in [0.29, 0.717) is 11.6 Å². The van der Waals surface area contributed by atoms with Crippen molar-refractivity contribution in [2.75, 3.05) is 16.8 Å². The molecule has 140 valence electrons. The van der Waals surface area contributed by atoms with Crippen molar-refractivity contribution < 1.29 is 0 Å². The summed E-state index contributed by atoms with van der Waals surface area (Å²) in [5.74, 6) is 0.275. The summed E-state index contributed by atoms with van der Waals surface area (Å²) in [5, 5.41) is 3.32. The average Bonchev–Trinajstić information content (AvgIpc) is 2.64. The van der Waals surface area contributed by atoms with Crippen molar-refractivity contribution in [1.29, 1.82) is 0 Å². The van der Waals surface area contributed by atoms with E-state index < -0.39 is 0 Å². The van der Waals surface area contributed by atoms with E-state index in [0.717, 1.165) is 16.8 Å². The molecule has 4 rings (SSSR count). The number of nitrogens with one attached hydrogen (secondary N) is 1. The van der Waals surface area contributed by atoms with Crippen LogP contribution < -0.4 is 22.3 Å². The quantitative estimate of drug-likeness (QED) is 0.504. The Balaban J connectivity index is 1.99. The van der Waals surface area contributed by atoms with Gasteiger partial charge in [-0.2, -0.15) is 15.0 Å². The maximum Gasteiger partial charge on any atom is 0.272 e. The number of anilines is 4. The number of nitrogen functional groups attached to an aromatic ring is 2. The normalized spacial score (nSPS) is 10.9. The van der Waals surface area contributed by atoms with E-state index in [2.05, 4.69) is 20.3 Å². The van der Waals surface area contributed by atoms with Gasteiger partial charge in [-0.15, -0.1) is 0 Å². The molecule has 0 fully saturated rings. The number of rotatable bonds is 3. The lowest BCUT2D eigenvalue weighted by molar-refractivity contribution is 0.964. The Bertz CT molecular complexity index is 1230. The second-order valence-corrected chi connectivity index (χ2v) is 6.57. The van der Waals surface area contributed by atoms with Crippen LogP contribution in [-0.2, 0) is 0 Å². The minimum absolute atomic E-state index is 0.00254. The third kappa shape index (κ3) is 3.11. The second-order valence-electron chi connectivity index (χ2n) is 6.57. The molecule has 0 atom stereocenters. The van der Waals surface area contributed by atoms with E-state index >= 15 is 0 Å². The highest BCUT2D eigenvalue weighted by molar-refractivity contribution is 5.86. The molecule has 0 unspecified atom stereocenters. The lowest BCUT2D eigenvalue weighted by Gasteiger charge is -2.15. The van der Waals surface area contributed by atoms with Crippen LogP contribution in [0.3, 0.4) is 0 Å². The van der Waals surface area contributed by atoms with Gasteiger partial charge in [0.25, 0.3) is 5.56 Å². The first-order valence-corrected chi connectivity index (χ1v) is 8.69. The summed E-state index contributed by atoms with van der Waals surface area (Å²) in [6, 6.07) is 15.3. The summed E-state index contributed by atoms with van der Waals surface area (Å²) in [4.78, 5) is 25.8. The summed E-state index contributed by atoms with van der Waals surface area (Å²) < 4.78 is 1.46. The third-order valence-electron chi connectivity index (χ3n) is 4.38. The number of benzene rings is 2. The summed E-state index contributed by atoms with van der Waals surface area (Å²) in [6.07, 6.45) is 0. The summed E-state index contributed by atoms with van der Waals surface area (Å²) in [7, 11) is 0. The maximum atomic E-state index is 13.3. The lowest BCUT2D eigenvalue weighted by atomic mass is 10.2. The zero-order chi connectivity index (χ0) is 19.8. The molecule has 2 aromatic carbocycles. The van der Waals surface area contributed by atoms with E-state index in [1.807, 2.05) is 62.4 Å². The number of nitrogens with two attached hydrogens (primary N) is 2. The highest BCUT2D eigenvalue weighted by Crippen LogP contribution is 2.22. The molecule has 2 aromatic heterocycles. The highest BCUT2D eigenvalue weighted by Gasteiger charge is 2.17. The topological polar surface area (TPSA) is 125 Å². The standard InChI is InChI=1S/C20H19N7O/c1-11-3-7-13(8-4-11)23-20-26-17-15(16(21)24-19(22)25-17)18(28)27(20)14-9-5-12(2)6-10-14/h3-10H,1-2H3,(H5,21,22,23,24,25,26). The van der Waals surface area contributed by atoms with Crippen molar-refractivity contribution in [2.45, 2.75) is 13.8 Å². The molecule has 0 aliphatic carbocycles. The smallest absolute Gasteiger partial charge is 0.272 e. The van der Waals surface area contributed by atoms with Gasteiger partial charge in [-0.25, -0.2) is 4.57 Å². The predicted molar refractivity (Wildman–Crippen MR) is 111 cm³/mol. The Kier molecular flexibility index (Phi) is 4.15. The monoisotopic (exact) mass is 373 g/mol. The van der Waals surface area contributed by atoms with Crippen molar-refractivity contribution in [1.82, 2.24) is 19.5 Å². The lowest BCUT2D eigenvalue weighted by Crippen LogP contribution is -2.24. The van der Waals surface area contributed by atoms with Crippen molar-refractivity contribution in [3.63, 3.8) is 0 Å². The van der Waals surface area contributed by atoms with Gasteiger partial charge in [-0.1, -0.05) is 35.4 Å². The molecule has 0 amide bonds. The molecule has 0 saturated heterocycles. The SMILES string of the molecule is Cc1ccc(Nc2nc3nc(N)nc(N)c3c(=O)n2-c2ccc(C)cc2)cc1. The van der Waals surface area contributed by atoms with Crippen LogP contribution in [0, 0.1) is 13.8 Å². The third-order valence-corrected chi connectivity index (χ3v) is 4.38. The van der Waals surface area contributed by atoms with Gasteiger partial charge in [0, 0.05) is 5.69 Å². The Morgan fingerprint density at radius 3 is 2.11 bits per heavy atom. The van der Waals surface area contributed by atoms with Gasteiger partial charge < -0.3 is 16.8 Å². The maximum absolute atomic E-state index is 13.3. The van der Waals surface area contributed by atoms with Crippen LogP contribution >= 0.6 is 0 Å². The molecule has 0 aliphatic rings. The minimum atomic E-state index is -0.374. The molecule has 0 bridgehead atoms. The Hall–Kier alpha value is -3.94. The van der Waals surface area contributed by atoms with Crippen molar-refractivity contribution in [3.05, 3.63) is 70.0 Å². The molecular weight excluding hydrogens is 354 g/mol. The van der Waals surface area contributed by atoms with E-state index in [9.17, 15) is 4.79 Å². The van der Waals surface area contributed by atoms with Gasteiger partial charge in [0.15, 0.2) is 5.65 Å². The van der Waals surface area contributed by atoms with E-state index in [-0.39, 0.29) is 28.4 Å². The molecule has 0 radical (unpaired) electrons. The fourth-order valence-corrected chi connectivity index (χ4v) is 2.91. The average molecular weight is 373 g/mol. The molecule has 28 heavy (non-hydrogen) atoms. The van der Waals surface area contributed by atoms with Crippen LogP contribution in [0.2, 0.25) is 0 Å². The van der Waals surface area contributed by atoms with E-state index in [4.69, 9.17) is 11.5 Å². The molecule has 8 nitrogen and oxygen atoms in total. The highest BCUT2D eigenvalue weighted by atomic mass is 16.1. The first-order valence-electron chi connectivity index (χ1n) is 8.69. The van der Waals surface area contributed by atoms with Crippen molar-refractivity contribution >= 4 is 34.4 Å². The van der Waals surface area contributed by atoms with Gasteiger partial charge in [-0.05, 0) is 38.1 Å². The molecule has 0 aliphatic heterocycles. The zero-order valence-electron chi connectivity index (χ0n) is 15.5. The van der Waals surface area contributed by atoms with Crippen molar-refractivity contribution in [2.24, 2.45) is 0 Å². The number of aryl methyl sites for hydroxylation is 2. The van der Waals surface area contributed by atoms with Crippen LogP contribution in [0.25, 0.3) is 16.7 Å². The first-order chi connectivity index (χ1) is 13.4. The Labute approximate surface area is 160 Å². The number of hydrogen-bond acceptors (Lipinski definition) is 7. The van der Waals surface area contributed by atoms with Crippen LogP contribution in [0.15, 0.2) is 53.3 Å². The van der Waals surface area contributed by atoms with Gasteiger partial charge in [0.05, 0.1) is 5.69 Å². The van der Waals surface area contributed by atoms with Gasteiger partial charge >= 0.3 is 0 Å². The van der Waals surface area contributed by atoms with Crippen molar-refractivity contribution in [3.8, 4) is 5.69 Å². The van der Waals surface area contributed by atoms with Crippen LogP contribution in [0.5, 0.6) is 0 Å². The van der Waals surface area contributed by atoms with Crippen LogP contribution in [0.4, 0.5) is 23.4 Å². The summed E-state index contributed by atoms with van der Waals surface area (Å²) >= 11 is 0. The fraction of sp³-hybridized carbons (Fsp3) is 0.100. The minimum Gasteiger partial charge on any atom is -0.383 e. The molecule has 4 aromatic rings. The number of aromatic nitrogens is 4. The van der Waals surface area contributed by atoms with Crippen LogP contribution in [-0.4, -0.2) is 19.5 Å². The molecule has 0 saturated carbocycles. The number of nitrogens with zero attached hydrogens (tertiary/aromatic N) is 4. The Morgan fingerprint density at radius 1 is 0.857 bits per heavy atom. The largest absolute Gasteiger partial charge is 0.383 e. The van der Waals surface area contributed by atoms with Crippen LogP contribution in [0.1, 0.15) is 11.1 Å². The molecular formula is C20H19N7O. The molecule has 8 heteroatoms. The van der Waals surface area contributed by atoms with E-state index in [1.54, 1.807) is 0 Å².